The van der Waals surface area contributed by atoms with Gasteiger partial charge in [-0.25, -0.2) is 4.98 Å². The highest BCUT2D eigenvalue weighted by Crippen LogP contribution is 2.26. The number of hydrogen-bond donors (Lipinski definition) is 0. The Kier molecular flexibility index (Phi) is 2.72. The van der Waals surface area contributed by atoms with E-state index in [1.165, 1.54) is 0 Å². The molecule has 3 aromatic rings. The second kappa shape index (κ2) is 4.53. The molecular weight excluding hydrogens is 236 g/mol. The monoisotopic (exact) mass is 247 g/mol. The summed E-state index contributed by atoms with van der Waals surface area (Å²) in [7, 11) is 0. The van der Waals surface area contributed by atoms with Gasteiger partial charge in [0.2, 0.25) is 0 Å². The van der Waals surface area contributed by atoms with Gasteiger partial charge < -0.3 is 5.11 Å². The van der Waals surface area contributed by atoms with E-state index in [2.05, 4.69) is 16.5 Å². The van der Waals surface area contributed by atoms with Crippen molar-refractivity contribution in [2.75, 3.05) is 0 Å². The molecule has 0 amide bonds. The molecule has 0 aliphatic carbocycles. The molecule has 2 aromatic carbocycles. The minimum absolute atomic E-state index is 0.306. The van der Waals surface area contributed by atoms with Crippen LogP contribution < -0.4 is 5.11 Å². The van der Waals surface area contributed by atoms with Gasteiger partial charge >= 0.3 is 0 Å². The van der Waals surface area contributed by atoms with Crippen LogP contribution in [0.5, 0.6) is 5.88 Å². The Labute approximate surface area is 110 Å². The number of rotatable bonds is 2. The summed E-state index contributed by atoms with van der Waals surface area (Å²) in [5, 5.41) is 12.0. The van der Waals surface area contributed by atoms with Crippen LogP contribution in [0.4, 0.5) is 0 Å². The summed E-state index contributed by atoms with van der Waals surface area (Å²) in [6.07, 6.45) is 1.74. The third-order valence-electron chi connectivity index (χ3n) is 2.93. The van der Waals surface area contributed by atoms with E-state index in [9.17, 15) is 5.11 Å². The number of benzene rings is 2. The molecular formula is C16H11N2O-. The molecule has 3 nitrogen and oxygen atoms in total. The molecule has 92 valence electrons. The number of hydrogen-bond acceptors (Lipinski definition) is 3. The minimum Gasteiger partial charge on any atom is -0.857 e. The van der Waals surface area contributed by atoms with Crippen LogP contribution in [-0.4, -0.2) is 9.97 Å². The molecule has 1 aromatic heterocycles. The lowest BCUT2D eigenvalue weighted by Crippen LogP contribution is -2.00. The molecule has 0 N–H and O–H groups in total. The van der Waals surface area contributed by atoms with Crippen LogP contribution in [0.15, 0.2) is 55.1 Å². The topological polar surface area (TPSA) is 48.8 Å². The molecule has 3 heteroatoms. The zero-order valence-electron chi connectivity index (χ0n) is 10.2. The standard InChI is InChI=1S/C16H12N2O/c1-2-11-6-5-7-12(10-11)15-16(19)18-14-9-4-3-8-13(14)17-15/h2-10H,1H2,(H,18,19)/p-1. The lowest BCUT2D eigenvalue weighted by Gasteiger charge is -2.13. The fraction of sp³-hybridized carbons (Fsp3) is 0. The summed E-state index contributed by atoms with van der Waals surface area (Å²) in [6, 6.07) is 14.9. The van der Waals surface area contributed by atoms with Crippen molar-refractivity contribution < 1.29 is 5.11 Å². The average Bonchev–Trinajstić information content (AvgIpc) is 2.46. The first-order chi connectivity index (χ1) is 9.28. The molecule has 0 unspecified atom stereocenters. The van der Waals surface area contributed by atoms with Gasteiger partial charge in [0, 0.05) is 11.4 Å². The summed E-state index contributed by atoms with van der Waals surface area (Å²) in [4.78, 5) is 8.47. The predicted octanol–water partition coefficient (Wildman–Crippen LogP) is 3.01. The summed E-state index contributed by atoms with van der Waals surface area (Å²) in [6.45, 7) is 3.72. The van der Waals surface area contributed by atoms with E-state index >= 15 is 0 Å². The molecule has 0 spiro atoms. The fourth-order valence-electron chi connectivity index (χ4n) is 1.98. The fourth-order valence-corrected chi connectivity index (χ4v) is 1.98. The first-order valence-corrected chi connectivity index (χ1v) is 5.94. The Bertz CT molecular complexity index is 766. The molecule has 1 heterocycles. The van der Waals surface area contributed by atoms with Gasteiger partial charge in [-0.1, -0.05) is 43.0 Å². The molecule has 0 aliphatic rings. The van der Waals surface area contributed by atoms with Crippen molar-refractivity contribution in [2.45, 2.75) is 0 Å². The van der Waals surface area contributed by atoms with E-state index in [1.807, 2.05) is 42.5 Å². The van der Waals surface area contributed by atoms with E-state index in [-0.39, 0.29) is 5.88 Å². The molecule has 0 fully saturated rings. The summed E-state index contributed by atoms with van der Waals surface area (Å²) in [5.41, 5.74) is 3.44. The summed E-state index contributed by atoms with van der Waals surface area (Å²) >= 11 is 0. The molecule has 0 atom stereocenters. The normalized spacial score (nSPS) is 10.5. The third kappa shape index (κ3) is 2.06. The van der Waals surface area contributed by atoms with Crippen molar-refractivity contribution in [3.63, 3.8) is 0 Å². The smallest absolute Gasteiger partial charge is 0.0893 e. The van der Waals surface area contributed by atoms with E-state index in [0.717, 1.165) is 16.6 Å². The van der Waals surface area contributed by atoms with Gasteiger partial charge in [0.25, 0.3) is 0 Å². The Hall–Kier alpha value is -2.68. The molecule has 0 radical (unpaired) electrons. The van der Waals surface area contributed by atoms with E-state index < -0.39 is 0 Å². The SMILES string of the molecule is C=Cc1cccc(-c2nc3ccccc3nc2[O-])c1. The third-order valence-corrected chi connectivity index (χ3v) is 2.93. The summed E-state index contributed by atoms with van der Waals surface area (Å²) < 4.78 is 0. The van der Waals surface area contributed by atoms with E-state index in [4.69, 9.17) is 0 Å². The van der Waals surface area contributed by atoms with Crippen molar-refractivity contribution in [3.05, 3.63) is 60.7 Å². The molecule has 0 bridgehead atoms. The van der Waals surface area contributed by atoms with Crippen LogP contribution in [0.3, 0.4) is 0 Å². The van der Waals surface area contributed by atoms with Gasteiger partial charge in [0.1, 0.15) is 0 Å². The Morgan fingerprint density at radius 1 is 0.947 bits per heavy atom. The maximum Gasteiger partial charge on any atom is 0.0893 e. The van der Waals surface area contributed by atoms with Gasteiger partial charge in [0.05, 0.1) is 16.7 Å². The lowest BCUT2D eigenvalue weighted by molar-refractivity contribution is -0.273. The molecule has 0 saturated carbocycles. The Balaban J connectivity index is 2.23. The predicted molar refractivity (Wildman–Crippen MR) is 74.5 cm³/mol. The second-order valence-electron chi connectivity index (χ2n) is 4.20. The maximum absolute atomic E-state index is 12.0. The van der Waals surface area contributed by atoms with Crippen LogP contribution in [0.1, 0.15) is 5.56 Å². The maximum atomic E-state index is 12.0. The van der Waals surface area contributed by atoms with Gasteiger partial charge in [-0.05, 0) is 23.8 Å². The van der Waals surface area contributed by atoms with Crippen LogP contribution >= 0.6 is 0 Å². The zero-order chi connectivity index (χ0) is 13.2. The van der Waals surface area contributed by atoms with Crippen molar-refractivity contribution in [3.8, 4) is 17.1 Å². The van der Waals surface area contributed by atoms with Gasteiger partial charge in [0.15, 0.2) is 0 Å². The number of nitrogens with zero attached hydrogens (tertiary/aromatic N) is 2. The van der Waals surface area contributed by atoms with Crippen LogP contribution in [-0.2, 0) is 0 Å². The quantitative estimate of drug-likeness (QED) is 0.699. The van der Waals surface area contributed by atoms with Gasteiger partial charge in [-0.3, -0.25) is 4.98 Å². The highest BCUT2D eigenvalue weighted by Gasteiger charge is 2.04. The van der Waals surface area contributed by atoms with Crippen molar-refractivity contribution in [1.29, 1.82) is 0 Å². The zero-order valence-corrected chi connectivity index (χ0v) is 10.2. The second-order valence-corrected chi connectivity index (χ2v) is 4.20. The molecule has 0 saturated heterocycles. The number of aromatic nitrogens is 2. The molecule has 3 rings (SSSR count). The molecule has 0 aliphatic heterocycles. The highest BCUT2D eigenvalue weighted by atomic mass is 16.3. The summed E-state index contributed by atoms with van der Waals surface area (Å²) in [5.74, 6) is -0.306. The lowest BCUT2D eigenvalue weighted by atomic mass is 10.1. The van der Waals surface area contributed by atoms with Crippen molar-refractivity contribution in [1.82, 2.24) is 9.97 Å². The number of fused-ring (bicyclic) bond motifs is 1. The van der Waals surface area contributed by atoms with Crippen LogP contribution in [0.2, 0.25) is 0 Å². The van der Waals surface area contributed by atoms with Gasteiger partial charge in [-0.2, -0.15) is 0 Å². The van der Waals surface area contributed by atoms with Crippen LogP contribution in [0.25, 0.3) is 28.4 Å². The number of para-hydroxylation sites is 2. The largest absolute Gasteiger partial charge is 0.857 e. The molecule has 19 heavy (non-hydrogen) atoms. The highest BCUT2D eigenvalue weighted by molar-refractivity contribution is 5.79. The first kappa shape index (κ1) is 11.4. The first-order valence-electron chi connectivity index (χ1n) is 5.94. The van der Waals surface area contributed by atoms with Crippen LogP contribution in [0, 0.1) is 0 Å². The van der Waals surface area contributed by atoms with Gasteiger partial charge in [-0.15, -0.1) is 0 Å². The van der Waals surface area contributed by atoms with Crippen molar-refractivity contribution >= 4 is 17.1 Å². The van der Waals surface area contributed by atoms with Crippen molar-refractivity contribution in [2.24, 2.45) is 0 Å². The Morgan fingerprint density at radius 3 is 2.42 bits per heavy atom. The average molecular weight is 247 g/mol. The minimum atomic E-state index is -0.306. The van der Waals surface area contributed by atoms with E-state index in [0.29, 0.717) is 11.2 Å². The van der Waals surface area contributed by atoms with E-state index in [1.54, 1.807) is 12.1 Å². The Morgan fingerprint density at radius 2 is 1.68 bits per heavy atom.